The topological polar surface area (TPSA) is 12.0 Å². The Labute approximate surface area is 94.0 Å². The van der Waals surface area contributed by atoms with Crippen LogP contribution in [0.1, 0.15) is 52.4 Å². The lowest BCUT2D eigenvalue weighted by Gasteiger charge is -2.65. The molecular weight excluding hydrogens is 182 g/mol. The van der Waals surface area contributed by atoms with Gasteiger partial charge in [0.25, 0.3) is 0 Å². The highest BCUT2D eigenvalue weighted by Gasteiger charge is 2.59. The third-order valence-electron chi connectivity index (χ3n) is 5.29. The first-order chi connectivity index (χ1) is 6.97. The molecule has 1 heteroatoms. The Hall–Kier alpha value is -0.0400. The van der Waals surface area contributed by atoms with Crippen LogP contribution in [0.2, 0.25) is 0 Å². The van der Waals surface area contributed by atoms with E-state index in [4.69, 9.17) is 0 Å². The zero-order valence-corrected chi connectivity index (χ0v) is 10.5. The molecule has 0 heterocycles. The monoisotopic (exact) mass is 207 g/mol. The molecule has 0 aromatic carbocycles. The summed E-state index contributed by atoms with van der Waals surface area (Å²) >= 11 is 0. The van der Waals surface area contributed by atoms with Crippen molar-refractivity contribution < 1.29 is 0 Å². The van der Waals surface area contributed by atoms with Crippen LogP contribution in [0.25, 0.3) is 0 Å². The van der Waals surface area contributed by atoms with E-state index in [1.54, 1.807) is 0 Å². The van der Waals surface area contributed by atoms with E-state index in [0.29, 0.717) is 16.2 Å². The van der Waals surface area contributed by atoms with Crippen molar-refractivity contribution in [2.24, 2.45) is 22.2 Å². The normalized spacial score (nSPS) is 57.4. The highest BCUT2D eigenvalue weighted by molar-refractivity contribution is 5.10. The molecule has 4 aliphatic carbocycles. The molecule has 0 aromatic rings. The van der Waals surface area contributed by atoms with Crippen LogP contribution in [0.4, 0.5) is 0 Å². The number of nitrogens with one attached hydrogen (secondary N) is 1. The fourth-order valence-electron chi connectivity index (χ4n) is 6.26. The minimum Gasteiger partial charge on any atom is -0.319 e. The number of hydrogen-bond acceptors (Lipinski definition) is 1. The van der Waals surface area contributed by atoms with Gasteiger partial charge in [-0.3, -0.25) is 0 Å². The van der Waals surface area contributed by atoms with E-state index in [1.807, 2.05) is 0 Å². The van der Waals surface area contributed by atoms with Gasteiger partial charge in [-0.15, -0.1) is 0 Å². The molecule has 1 N–H and O–H groups in total. The van der Waals surface area contributed by atoms with Gasteiger partial charge in [0.1, 0.15) is 0 Å². The zero-order chi connectivity index (χ0) is 10.7. The summed E-state index contributed by atoms with van der Waals surface area (Å²) in [4.78, 5) is 0. The fraction of sp³-hybridized carbons (Fsp3) is 1.00. The van der Waals surface area contributed by atoms with Gasteiger partial charge < -0.3 is 5.32 Å². The second kappa shape index (κ2) is 2.80. The summed E-state index contributed by atoms with van der Waals surface area (Å²) in [7, 11) is 2.13. The van der Waals surface area contributed by atoms with Gasteiger partial charge in [-0.05, 0) is 67.7 Å². The Bertz CT molecular complexity index is 265. The molecule has 4 bridgehead atoms. The van der Waals surface area contributed by atoms with E-state index in [2.05, 4.69) is 26.2 Å². The van der Waals surface area contributed by atoms with E-state index >= 15 is 0 Å². The van der Waals surface area contributed by atoms with Crippen LogP contribution in [-0.4, -0.2) is 13.6 Å². The fourth-order valence-corrected chi connectivity index (χ4v) is 6.26. The van der Waals surface area contributed by atoms with Crippen LogP contribution < -0.4 is 5.32 Å². The lowest BCUT2D eigenvalue weighted by Crippen LogP contribution is -2.57. The molecule has 2 atom stereocenters. The molecular formula is C14H25N. The van der Waals surface area contributed by atoms with Gasteiger partial charge >= 0.3 is 0 Å². The van der Waals surface area contributed by atoms with Crippen molar-refractivity contribution >= 4 is 0 Å². The first-order valence-corrected chi connectivity index (χ1v) is 6.61. The highest BCUT2D eigenvalue weighted by Crippen LogP contribution is 2.69. The van der Waals surface area contributed by atoms with Crippen LogP contribution in [0.5, 0.6) is 0 Å². The van der Waals surface area contributed by atoms with E-state index in [1.165, 1.54) is 45.1 Å². The van der Waals surface area contributed by atoms with E-state index in [0.717, 1.165) is 5.92 Å². The van der Waals surface area contributed by atoms with Gasteiger partial charge in [-0.25, -0.2) is 0 Å². The first kappa shape index (κ1) is 10.1. The molecule has 0 aliphatic heterocycles. The Morgan fingerprint density at radius 1 is 1.00 bits per heavy atom. The van der Waals surface area contributed by atoms with Gasteiger partial charge in [0, 0.05) is 6.54 Å². The lowest BCUT2D eigenvalue weighted by atomic mass is 9.40. The van der Waals surface area contributed by atoms with Gasteiger partial charge in [-0.1, -0.05) is 13.8 Å². The van der Waals surface area contributed by atoms with Gasteiger partial charge in [0.2, 0.25) is 0 Å². The molecule has 4 aliphatic rings. The Balaban J connectivity index is 1.94. The minimum atomic E-state index is 0.664. The number of rotatable bonds is 2. The summed E-state index contributed by atoms with van der Waals surface area (Å²) < 4.78 is 0. The molecule has 2 unspecified atom stereocenters. The van der Waals surface area contributed by atoms with Crippen LogP contribution >= 0.6 is 0 Å². The largest absolute Gasteiger partial charge is 0.319 e. The Morgan fingerprint density at radius 2 is 1.60 bits per heavy atom. The molecule has 0 saturated heterocycles. The van der Waals surface area contributed by atoms with Crippen molar-refractivity contribution in [3.05, 3.63) is 0 Å². The summed E-state index contributed by atoms with van der Waals surface area (Å²) in [5.74, 6) is 1.05. The second-order valence-corrected chi connectivity index (χ2v) is 7.66. The standard InChI is InChI=1S/C14H25N/c1-12-4-11-5-13(2,7-12)9-14(6-11,8-12)10-15-3/h11,15H,4-10H2,1-3H3. The summed E-state index contributed by atoms with van der Waals surface area (Å²) in [5, 5.41) is 3.46. The molecule has 4 rings (SSSR count). The summed E-state index contributed by atoms with van der Waals surface area (Å²) in [6, 6.07) is 0. The highest BCUT2D eigenvalue weighted by atomic mass is 14.8. The maximum Gasteiger partial charge on any atom is 0.000531 e. The molecule has 0 spiro atoms. The molecule has 0 radical (unpaired) electrons. The lowest BCUT2D eigenvalue weighted by molar-refractivity contribution is -0.142. The molecule has 86 valence electrons. The van der Waals surface area contributed by atoms with Crippen LogP contribution in [0.3, 0.4) is 0 Å². The predicted octanol–water partition coefficient (Wildman–Crippen LogP) is 3.20. The second-order valence-electron chi connectivity index (χ2n) is 7.66. The maximum atomic E-state index is 3.46. The van der Waals surface area contributed by atoms with Crippen molar-refractivity contribution in [3.63, 3.8) is 0 Å². The quantitative estimate of drug-likeness (QED) is 0.733. The van der Waals surface area contributed by atoms with Crippen LogP contribution in [0.15, 0.2) is 0 Å². The molecule has 0 aromatic heterocycles. The van der Waals surface area contributed by atoms with E-state index < -0.39 is 0 Å². The van der Waals surface area contributed by atoms with Gasteiger partial charge in [0.05, 0.1) is 0 Å². The third kappa shape index (κ3) is 1.46. The average molecular weight is 207 g/mol. The SMILES string of the molecule is CNCC12CC3CC(C)(CC(C)(C3)C1)C2. The van der Waals surface area contributed by atoms with Crippen molar-refractivity contribution in [2.45, 2.75) is 52.4 Å². The maximum absolute atomic E-state index is 3.46. The van der Waals surface area contributed by atoms with Crippen molar-refractivity contribution in [1.29, 1.82) is 0 Å². The van der Waals surface area contributed by atoms with E-state index in [-0.39, 0.29) is 0 Å². The number of hydrogen-bond donors (Lipinski definition) is 1. The molecule has 15 heavy (non-hydrogen) atoms. The van der Waals surface area contributed by atoms with E-state index in [9.17, 15) is 0 Å². The van der Waals surface area contributed by atoms with Crippen LogP contribution in [-0.2, 0) is 0 Å². The molecule has 1 nitrogen and oxygen atoms in total. The van der Waals surface area contributed by atoms with Crippen molar-refractivity contribution in [2.75, 3.05) is 13.6 Å². The van der Waals surface area contributed by atoms with Crippen LogP contribution in [0, 0.1) is 22.2 Å². The molecule has 4 fully saturated rings. The Morgan fingerprint density at radius 3 is 2.07 bits per heavy atom. The van der Waals surface area contributed by atoms with Crippen molar-refractivity contribution in [1.82, 2.24) is 5.32 Å². The Kier molecular flexibility index (Phi) is 1.89. The van der Waals surface area contributed by atoms with Crippen molar-refractivity contribution in [3.8, 4) is 0 Å². The first-order valence-electron chi connectivity index (χ1n) is 6.61. The predicted molar refractivity (Wildman–Crippen MR) is 63.8 cm³/mol. The van der Waals surface area contributed by atoms with Gasteiger partial charge in [0.15, 0.2) is 0 Å². The molecule has 4 saturated carbocycles. The summed E-state index contributed by atoms with van der Waals surface area (Å²) in [6.45, 7) is 6.37. The smallest absolute Gasteiger partial charge is 0.000531 e. The summed E-state index contributed by atoms with van der Waals surface area (Å²) in [6.07, 6.45) is 9.04. The molecule has 0 amide bonds. The zero-order valence-electron chi connectivity index (χ0n) is 10.5. The third-order valence-corrected chi connectivity index (χ3v) is 5.29. The summed E-state index contributed by atoms with van der Waals surface area (Å²) in [5.41, 5.74) is 2.04. The minimum absolute atomic E-state index is 0.664. The average Bonchev–Trinajstić information content (AvgIpc) is 1.94. The van der Waals surface area contributed by atoms with Gasteiger partial charge in [-0.2, -0.15) is 0 Å².